The molecule has 1 atom stereocenters. The van der Waals surface area contributed by atoms with Gasteiger partial charge in [0.05, 0.1) is 10.8 Å². The molecule has 1 saturated heterocycles. The van der Waals surface area contributed by atoms with Crippen LogP contribution in [0.4, 0.5) is 11.5 Å². The number of carbonyl (C=O) groups is 1. The van der Waals surface area contributed by atoms with Gasteiger partial charge in [0.1, 0.15) is 0 Å². The van der Waals surface area contributed by atoms with Gasteiger partial charge in [-0.15, -0.1) is 10.2 Å². The number of nitrogens with two attached hydrogens (primary N) is 1. The van der Waals surface area contributed by atoms with Crippen molar-refractivity contribution >= 4 is 27.4 Å². The molecule has 3 N–H and O–H groups in total. The first kappa shape index (κ1) is 20.0. The Morgan fingerprint density at radius 1 is 1.10 bits per heavy atom. The smallest absolute Gasteiger partial charge is 0.238 e. The highest BCUT2D eigenvalue weighted by molar-refractivity contribution is 7.89. The Morgan fingerprint density at radius 2 is 1.83 bits per heavy atom. The summed E-state index contributed by atoms with van der Waals surface area (Å²) in [4.78, 5) is 14.7. The molecule has 1 aliphatic heterocycles. The molecule has 4 rings (SSSR count). The van der Waals surface area contributed by atoms with E-state index in [0.717, 1.165) is 19.4 Å². The van der Waals surface area contributed by atoms with E-state index in [1.54, 1.807) is 17.1 Å². The number of sulfonamides is 1. The van der Waals surface area contributed by atoms with Crippen molar-refractivity contribution in [3.63, 3.8) is 0 Å². The van der Waals surface area contributed by atoms with Crippen molar-refractivity contribution < 1.29 is 13.2 Å². The first-order chi connectivity index (χ1) is 14.4. The lowest BCUT2D eigenvalue weighted by atomic mass is 9.97. The maximum Gasteiger partial charge on any atom is 0.238 e. The van der Waals surface area contributed by atoms with Gasteiger partial charge in [0.25, 0.3) is 0 Å². The molecule has 1 unspecified atom stereocenters. The summed E-state index contributed by atoms with van der Waals surface area (Å²) in [6, 6.07) is 11.3. The van der Waals surface area contributed by atoms with E-state index < -0.39 is 10.0 Å². The van der Waals surface area contributed by atoms with Gasteiger partial charge in [0.2, 0.25) is 15.9 Å². The quantitative estimate of drug-likeness (QED) is 0.623. The average Bonchev–Trinajstić information content (AvgIpc) is 3.29. The Balaban J connectivity index is 1.40. The summed E-state index contributed by atoms with van der Waals surface area (Å²) in [5.74, 6) is 0.993. The van der Waals surface area contributed by atoms with Crippen LogP contribution in [0.5, 0.6) is 0 Å². The monoisotopic (exact) mass is 427 g/mol. The molecular weight excluding hydrogens is 406 g/mol. The van der Waals surface area contributed by atoms with Gasteiger partial charge in [-0.05, 0) is 55.3 Å². The third-order valence-corrected chi connectivity index (χ3v) is 5.87. The molecule has 156 valence electrons. The molecule has 1 fully saturated rings. The molecule has 30 heavy (non-hydrogen) atoms. The summed E-state index contributed by atoms with van der Waals surface area (Å²) >= 11 is 0. The van der Waals surface area contributed by atoms with Gasteiger partial charge in [-0.1, -0.05) is 0 Å². The second-order valence-electron chi connectivity index (χ2n) is 7.04. The molecule has 0 bridgehead atoms. The van der Waals surface area contributed by atoms with Gasteiger partial charge < -0.3 is 10.2 Å². The molecule has 0 aliphatic carbocycles. The minimum Gasteiger partial charge on any atom is -0.354 e. The van der Waals surface area contributed by atoms with E-state index in [1.807, 2.05) is 23.1 Å². The Morgan fingerprint density at radius 3 is 2.47 bits per heavy atom. The van der Waals surface area contributed by atoms with E-state index in [2.05, 4.69) is 20.6 Å². The predicted molar refractivity (Wildman–Crippen MR) is 111 cm³/mol. The van der Waals surface area contributed by atoms with E-state index >= 15 is 0 Å². The van der Waals surface area contributed by atoms with Crippen molar-refractivity contribution in [1.29, 1.82) is 0 Å². The summed E-state index contributed by atoms with van der Waals surface area (Å²) in [5.41, 5.74) is 0.521. The van der Waals surface area contributed by atoms with Crippen molar-refractivity contribution in [2.24, 2.45) is 11.1 Å². The molecular formula is C19H21N7O3S. The zero-order valence-electron chi connectivity index (χ0n) is 16.0. The van der Waals surface area contributed by atoms with Gasteiger partial charge in [-0.3, -0.25) is 4.79 Å². The molecule has 10 nitrogen and oxygen atoms in total. The molecule has 0 saturated carbocycles. The molecule has 1 aliphatic rings. The van der Waals surface area contributed by atoms with Gasteiger partial charge in [0, 0.05) is 31.2 Å². The van der Waals surface area contributed by atoms with Crippen LogP contribution in [0.25, 0.3) is 5.82 Å². The van der Waals surface area contributed by atoms with Crippen molar-refractivity contribution in [3.05, 3.63) is 54.9 Å². The Bertz CT molecular complexity index is 1110. The highest BCUT2D eigenvalue weighted by Gasteiger charge is 2.27. The average molecular weight is 427 g/mol. The number of anilines is 2. The van der Waals surface area contributed by atoms with Gasteiger partial charge in [-0.2, -0.15) is 5.10 Å². The molecule has 0 radical (unpaired) electrons. The van der Waals surface area contributed by atoms with Gasteiger partial charge in [0.15, 0.2) is 11.6 Å². The van der Waals surface area contributed by atoms with Crippen molar-refractivity contribution in [2.75, 3.05) is 23.3 Å². The Kier molecular flexibility index (Phi) is 5.46. The summed E-state index contributed by atoms with van der Waals surface area (Å²) in [6.07, 6.45) is 5.08. The van der Waals surface area contributed by atoms with E-state index in [1.165, 1.54) is 24.3 Å². The second kappa shape index (κ2) is 8.20. The number of hydrogen-bond donors (Lipinski definition) is 2. The third kappa shape index (κ3) is 4.47. The summed E-state index contributed by atoms with van der Waals surface area (Å²) in [7, 11) is -3.76. The van der Waals surface area contributed by atoms with Crippen LogP contribution in [0.2, 0.25) is 0 Å². The molecule has 0 spiro atoms. The number of piperidine rings is 1. The van der Waals surface area contributed by atoms with E-state index in [4.69, 9.17) is 5.14 Å². The number of nitrogens with one attached hydrogen (secondary N) is 1. The number of benzene rings is 1. The number of nitrogens with zero attached hydrogens (tertiary/aromatic N) is 5. The number of carbonyl (C=O) groups excluding carboxylic acids is 1. The molecule has 1 amide bonds. The highest BCUT2D eigenvalue weighted by Crippen LogP contribution is 2.23. The van der Waals surface area contributed by atoms with E-state index in [-0.39, 0.29) is 16.7 Å². The normalized spacial score (nSPS) is 17.0. The van der Waals surface area contributed by atoms with Crippen LogP contribution in [0.3, 0.4) is 0 Å². The van der Waals surface area contributed by atoms with Crippen LogP contribution >= 0.6 is 0 Å². The lowest BCUT2D eigenvalue weighted by molar-refractivity contribution is -0.120. The summed E-state index contributed by atoms with van der Waals surface area (Å²) in [5, 5.41) is 20.6. The lowest BCUT2D eigenvalue weighted by Crippen LogP contribution is -2.41. The van der Waals surface area contributed by atoms with Gasteiger partial charge in [-0.25, -0.2) is 18.2 Å². The molecule has 3 aromatic rings. The van der Waals surface area contributed by atoms with Gasteiger partial charge >= 0.3 is 0 Å². The largest absolute Gasteiger partial charge is 0.354 e. The predicted octanol–water partition coefficient (Wildman–Crippen LogP) is 1.16. The maximum absolute atomic E-state index is 12.7. The lowest BCUT2D eigenvalue weighted by Gasteiger charge is -2.32. The first-order valence-electron chi connectivity index (χ1n) is 9.42. The second-order valence-corrected chi connectivity index (χ2v) is 8.61. The zero-order chi connectivity index (χ0) is 21.1. The van der Waals surface area contributed by atoms with Crippen LogP contribution in [0, 0.1) is 5.92 Å². The maximum atomic E-state index is 12.7. The van der Waals surface area contributed by atoms with Crippen molar-refractivity contribution in [1.82, 2.24) is 20.0 Å². The fourth-order valence-electron chi connectivity index (χ4n) is 3.38. The zero-order valence-corrected chi connectivity index (χ0v) is 16.9. The van der Waals surface area contributed by atoms with Crippen LogP contribution in [0.15, 0.2) is 59.8 Å². The van der Waals surface area contributed by atoms with E-state index in [9.17, 15) is 13.2 Å². The first-order valence-corrected chi connectivity index (χ1v) is 11.0. The Hall–Kier alpha value is -3.31. The molecule has 3 heterocycles. The SMILES string of the molecule is NS(=O)(=O)c1ccc(NC(=O)C2CCCN(c3ccc(-n4cccn4)nn3)C2)cc1. The number of rotatable bonds is 5. The van der Waals surface area contributed by atoms with Crippen molar-refractivity contribution in [3.8, 4) is 5.82 Å². The van der Waals surface area contributed by atoms with Crippen LogP contribution in [-0.2, 0) is 14.8 Å². The van der Waals surface area contributed by atoms with Crippen LogP contribution in [0.1, 0.15) is 12.8 Å². The summed E-state index contributed by atoms with van der Waals surface area (Å²) in [6.45, 7) is 1.32. The summed E-state index contributed by atoms with van der Waals surface area (Å²) < 4.78 is 24.3. The number of amides is 1. The fourth-order valence-corrected chi connectivity index (χ4v) is 3.90. The minimum atomic E-state index is -3.76. The third-order valence-electron chi connectivity index (χ3n) is 4.94. The molecule has 1 aromatic carbocycles. The number of hydrogen-bond acceptors (Lipinski definition) is 7. The number of primary sulfonamides is 1. The number of aromatic nitrogens is 4. The molecule has 2 aromatic heterocycles. The Labute approximate surface area is 173 Å². The standard InChI is InChI=1S/C19H21N7O3S/c20-30(28,29)16-6-4-15(5-7-16)22-19(27)14-3-1-11-25(13-14)17-8-9-18(24-23-17)26-12-2-10-21-26/h2,4-10,12,14H,1,3,11,13H2,(H,22,27)(H2,20,28,29). The fraction of sp³-hybridized carbons (Fsp3) is 0.263. The van der Waals surface area contributed by atoms with Crippen LogP contribution < -0.4 is 15.4 Å². The topological polar surface area (TPSA) is 136 Å². The minimum absolute atomic E-state index is 0.00136. The van der Waals surface area contributed by atoms with E-state index in [0.29, 0.717) is 23.9 Å². The van der Waals surface area contributed by atoms with Crippen LogP contribution in [-0.4, -0.2) is 47.4 Å². The van der Waals surface area contributed by atoms with Crippen molar-refractivity contribution in [2.45, 2.75) is 17.7 Å². The molecule has 11 heteroatoms. The highest BCUT2D eigenvalue weighted by atomic mass is 32.2.